The van der Waals surface area contributed by atoms with Crippen molar-refractivity contribution in [2.45, 2.75) is 0 Å². The topological polar surface area (TPSA) is 56.7 Å². The summed E-state index contributed by atoms with van der Waals surface area (Å²) in [6.07, 6.45) is 0. The van der Waals surface area contributed by atoms with Crippen molar-refractivity contribution in [3.8, 4) is 62.1 Å². The number of fused-ring (bicyclic) bond motifs is 10. The molecule has 4 aromatic heterocycles. The van der Waals surface area contributed by atoms with Crippen molar-refractivity contribution in [1.29, 1.82) is 0 Å². The van der Waals surface area contributed by atoms with E-state index in [1.807, 2.05) is 66.7 Å². The van der Waals surface area contributed by atoms with Gasteiger partial charge in [0.15, 0.2) is 11.6 Å². The lowest BCUT2D eigenvalue weighted by Gasteiger charge is -2.13. The van der Waals surface area contributed by atoms with Crippen molar-refractivity contribution in [3.05, 3.63) is 206 Å². The van der Waals surface area contributed by atoms with Gasteiger partial charge in [0.2, 0.25) is 5.95 Å². The van der Waals surface area contributed by atoms with Crippen molar-refractivity contribution in [2.24, 2.45) is 0 Å². The Hall–Kier alpha value is -8.19. The fraction of sp³-hybridized carbons (Fsp3) is 0. The lowest BCUT2D eigenvalue weighted by molar-refractivity contribution is 0.669. The second-order valence-electron chi connectivity index (χ2n) is 14.9. The maximum absolute atomic E-state index is 9.92. The summed E-state index contributed by atoms with van der Waals surface area (Å²) >= 11 is 0.890. The molecule has 294 valence electrons. The number of hydrogen-bond donors (Lipinski definition) is 0. The average Bonchev–Trinajstić information content (AvgIpc) is 4.32. The predicted molar refractivity (Wildman–Crippen MR) is 262 cm³/mol. The van der Waals surface area contributed by atoms with Crippen LogP contribution in [0.2, 0.25) is 0 Å². The van der Waals surface area contributed by atoms with E-state index in [-0.39, 0.29) is 106 Å². The van der Waals surface area contributed by atoms with E-state index in [2.05, 4.69) is 0 Å². The van der Waals surface area contributed by atoms with Crippen molar-refractivity contribution < 1.29 is 22.2 Å². The Balaban J connectivity index is 1.19. The Morgan fingerprint density at radius 3 is 1.83 bits per heavy atom. The summed E-state index contributed by atoms with van der Waals surface area (Å²) in [5, 5.41) is 1.64. The van der Waals surface area contributed by atoms with Gasteiger partial charge >= 0.3 is 0 Å². The molecule has 13 rings (SSSR count). The molecule has 0 saturated carbocycles. The van der Waals surface area contributed by atoms with Crippen LogP contribution in [0, 0.1) is 0 Å². The number of para-hydroxylation sites is 1. The van der Waals surface area contributed by atoms with Gasteiger partial charge in [-0.3, -0.25) is 4.57 Å². The first-order valence-corrected chi connectivity index (χ1v) is 20.9. The standard InChI is InChI=1S/C57H34N4OS/c1-4-15-35(16-5-1)39-31-40(36-17-6-2-7-18-36)33-41(32-39)56-58-55(38-27-28-44-49(34-38)62-48-25-14-23-42(52(44)48)37-19-8-3-9-20-37)59-57(60-56)61-46-24-12-10-21-43(46)53-47(61)29-30-51-54(53)45-22-11-13-26-50(45)63-51/h1-34H/i10D,11D,12D,13D,21D,22D,24D,26D,29D,30D,31D,32D,33D. The summed E-state index contributed by atoms with van der Waals surface area (Å²) in [6.45, 7) is 0. The van der Waals surface area contributed by atoms with E-state index in [0.29, 0.717) is 27.9 Å². The molecule has 0 saturated heterocycles. The second kappa shape index (κ2) is 14.2. The van der Waals surface area contributed by atoms with Gasteiger partial charge in [-0.2, -0.15) is 9.97 Å². The van der Waals surface area contributed by atoms with Gasteiger partial charge in [-0.25, -0.2) is 4.98 Å². The molecular weight excluding hydrogens is 789 g/mol. The summed E-state index contributed by atoms with van der Waals surface area (Å²) in [7, 11) is 0. The van der Waals surface area contributed by atoms with Crippen LogP contribution >= 0.6 is 11.3 Å². The Morgan fingerprint density at radius 1 is 0.429 bits per heavy atom. The van der Waals surface area contributed by atoms with Crippen LogP contribution in [0.4, 0.5) is 0 Å². The van der Waals surface area contributed by atoms with Gasteiger partial charge in [0.05, 0.1) is 28.9 Å². The molecule has 9 aromatic carbocycles. The number of aromatic nitrogens is 4. The molecule has 0 unspecified atom stereocenters. The van der Waals surface area contributed by atoms with E-state index < -0.39 is 48.3 Å². The quantitative estimate of drug-likeness (QED) is 0.167. The van der Waals surface area contributed by atoms with Crippen LogP contribution in [0.3, 0.4) is 0 Å². The summed E-state index contributed by atoms with van der Waals surface area (Å²) < 4.78 is 129. The summed E-state index contributed by atoms with van der Waals surface area (Å²) in [5.74, 6) is -0.595. The molecule has 0 amide bonds. The molecule has 0 bridgehead atoms. The first kappa shape index (κ1) is 24.9. The van der Waals surface area contributed by atoms with Gasteiger partial charge in [-0.15, -0.1) is 11.3 Å². The van der Waals surface area contributed by atoms with Gasteiger partial charge in [-0.1, -0.05) is 145 Å². The molecule has 0 spiro atoms. The lowest BCUT2D eigenvalue weighted by atomic mass is 9.96. The van der Waals surface area contributed by atoms with Gasteiger partial charge in [0.25, 0.3) is 0 Å². The lowest BCUT2D eigenvalue weighted by Crippen LogP contribution is -2.06. The van der Waals surface area contributed by atoms with E-state index >= 15 is 0 Å². The van der Waals surface area contributed by atoms with E-state index in [9.17, 15) is 9.60 Å². The number of rotatable bonds is 6. The van der Waals surface area contributed by atoms with Gasteiger partial charge in [-0.05, 0) is 93.9 Å². The highest BCUT2D eigenvalue weighted by Gasteiger charge is 2.22. The van der Waals surface area contributed by atoms with Crippen LogP contribution in [-0.4, -0.2) is 19.5 Å². The molecule has 0 aliphatic heterocycles. The molecule has 5 nitrogen and oxygen atoms in total. The highest BCUT2D eigenvalue weighted by molar-refractivity contribution is 7.26. The number of benzene rings is 9. The molecular formula is C57H34N4OS. The fourth-order valence-corrected chi connectivity index (χ4v) is 9.40. The number of thiophene rings is 1. The fourth-order valence-electron chi connectivity index (χ4n) is 8.43. The Bertz CT molecular complexity index is 4610. The van der Waals surface area contributed by atoms with Crippen LogP contribution in [0.5, 0.6) is 0 Å². The Morgan fingerprint density at radius 2 is 1.08 bits per heavy atom. The first-order chi connectivity index (χ1) is 36.7. The Labute approximate surface area is 384 Å². The maximum atomic E-state index is 9.92. The van der Waals surface area contributed by atoms with Gasteiger partial charge in [0.1, 0.15) is 11.2 Å². The summed E-state index contributed by atoms with van der Waals surface area (Å²) in [5.41, 5.74) is 4.30. The number of nitrogens with zero attached hydrogens (tertiary/aromatic N) is 4. The molecule has 0 radical (unpaired) electrons. The normalized spacial score (nSPS) is 14.7. The van der Waals surface area contributed by atoms with Gasteiger partial charge < -0.3 is 4.42 Å². The number of furan rings is 1. The molecule has 4 heterocycles. The van der Waals surface area contributed by atoms with E-state index in [1.54, 1.807) is 60.7 Å². The monoisotopic (exact) mass is 835 g/mol. The Kier molecular flexibility index (Phi) is 5.62. The third-order valence-electron chi connectivity index (χ3n) is 11.2. The van der Waals surface area contributed by atoms with Crippen LogP contribution in [-0.2, 0) is 0 Å². The maximum Gasteiger partial charge on any atom is 0.238 e. The summed E-state index contributed by atoms with van der Waals surface area (Å²) in [4.78, 5) is 15.1. The molecule has 0 aliphatic rings. The molecule has 0 aliphatic carbocycles. The predicted octanol–water partition coefficient (Wildman–Crippen LogP) is 15.6. The van der Waals surface area contributed by atoms with Crippen LogP contribution < -0.4 is 0 Å². The molecule has 63 heavy (non-hydrogen) atoms. The van der Waals surface area contributed by atoms with Crippen molar-refractivity contribution >= 4 is 75.3 Å². The van der Waals surface area contributed by atoms with Crippen molar-refractivity contribution in [2.75, 3.05) is 0 Å². The molecule has 0 atom stereocenters. The highest BCUT2D eigenvalue weighted by atomic mass is 32.1. The van der Waals surface area contributed by atoms with Crippen LogP contribution in [0.25, 0.3) is 126 Å². The minimum Gasteiger partial charge on any atom is -0.456 e. The summed E-state index contributed by atoms with van der Waals surface area (Å²) in [6, 6.07) is 33.3. The minimum absolute atomic E-state index is 0.00866. The zero-order valence-corrected chi connectivity index (χ0v) is 33.5. The third kappa shape index (κ3) is 5.80. The molecule has 13 aromatic rings. The van der Waals surface area contributed by atoms with E-state index in [4.69, 9.17) is 27.6 Å². The third-order valence-corrected chi connectivity index (χ3v) is 12.3. The molecule has 6 heteroatoms. The van der Waals surface area contributed by atoms with Crippen LogP contribution in [0.1, 0.15) is 17.8 Å². The SMILES string of the molecule is [2H]c1c(-c2ccccc2)c([2H])c(-c2nc(-c3ccc4c(c3)oc3cccc(-c5ccccc5)c34)nc(-n3c4c([2H])c([2H])c([2H])c([2H])c4c4c5c(sc6c([2H])c([2H])c([2H])c([2H])c65)c([2H])c([2H])c43)n2)c([2H])c1-c1ccccc1. The second-order valence-corrected chi connectivity index (χ2v) is 15.9. The minimum atomic E-state index is -0.639. The smallest absolute Gasteiger partial charge is 0.238 e. The zero-order valence-electron chi connectivity index (χ0n) is 45.7. The zero-order chi connectivity index (χ0) is 52.7. The van der Waals surface area contributed by atoms with Crippen molar-refractivity contribution in [1.82, 2.24) is 19.5 Å². The first-order valence-electron chi connectivity index (χ1n) is 26.5. The van der Waals surface area contributed by atoms with Crippen molar-refractivity contribution in [3.63, 3.8) is 0 Å². The molecule has 0 fully saturated rings. The van der Waals surface area contributed by atoms with Crippen LogP contribution in [0.15, 0.2) is 210 Å². The highest BCUT2D eigenvalue weighted by Crippen LogP contribution is 2.44. The van der Waals surface area contributed by atoms with E-state index in [0.717, 1.165) is 33.2 Å². The number of hydrogen-bond acceptors (Lipinski definition) is 5. The van der Waals surface area contributed by atoms with Gasteiger partial charge in [0, 0.05) is 52.8 Å². The largest absolute Gasteiger partial charge is 0.456 e. The van der Waals surface area contributed by atoms with E-state index in [1.165, 1.54) is 4.57 Å². The molecule has 0 N–H and O–H groups in total. The average molecular weight is 836 g/mol.